The molecular weight excluding hydrogens is 310 g/mol. The van der Waals surface area contributed by atoms with Gasteiger partial charge >= 0.3 is 0 Å². The number of ether oxygens (including phenoxy) is 1. The van der Waals surface area contributed by atoms with Gasteiger partial charge in [0.1, 0.15) is 27.1 Å². The highest BCUT2D eigenvalue weighted by Gasteiger charge is 2.27. The second kappa shape index (κ2) is 6.48. The van der Waals surface area contributed by atoms with E-state index in [2.05, 4.69) is 26.9 Å². The molecular formula is C18H18B2N4O. The van der Waals surface area contributed by atoms with Crippen molar-refractivity contribution in [3.8, 4) is 23.1 Å². The van der Waals surface area contributed by atoms with Gasteiger partial charge in [0.2, 0.25) is 0 Å². The van der Waals surface area contributed by atoms with E-state index >= 15 is 0 Å². The Hall–Kier alpha value is -3.00. The van der Waals surface area contributed by atoms with E-state index in [0.717, 1.165) is 22.5 Å². The van der Waals surface area contributed by atoms with E-state index in [0.29, 0.717) is 11.3 Å². The van der Waals surface area contributed by atoms with E-state index in [1.807, 2.05) is 49.8 Å². The first-order valence-electron chi connectivity index (χ1n) is 8.01. The zero-order chi connectivity index (χ0) is 18.0. The van der Waals surface area contributed by atoms with Crippen molar-refractivity contribution in [1.29, 1.82) is 5.26 Å². The summed E-state index contributed by atoms with van der Waals surface area (Å²) in [4.78, 5) is 4.88. The third kappa shape index (κ3) is 3.16. The lowest BCUT2D eigenvalue weighted by molar-refractivity contribution is 0.414. The molecule has 0 bridgehead atoms. The van der Waals surface area contributed by atoms with Crippen LogP contribution in [0.3, 0.4) is 0 Å². The molecule has 3 aromatic rings. The van der Waals surface area contributed by atoms with Crippen molar-refractivity contribution in [3.63, 3.8) is 0 Å². The van der Waals surface area contributed by atoms with Crippen LogP contribution < -0.4 is 4.74 Å². The number of benzene rings is 1. The molecule has 0 aliphatic heterocycles. The minimum absolute atomic E-state index is 0.303. The molecule has 0 atom stereocenters. The third-order valence-electron chi connectivity index (χ3n) is 4.41. The van der Waals surface area contributed by atoms with Crippen LogP contribution >= 0.6 is 0 Å². The highest BCUT2D eigenvalue weighted by atomic mass is 16.5. The number of pyridine rings is 1. The maximum atomic E-state index is 9.16. The molecule has 5 nitrogen and oxygen atoms in total. The van der Waals surface area contributed by atoms with Crippen LogP contribution in [-0.2, 0) is 12.3 Å². The summed E-state index contributed by atoms with van der Waals surface area (Å²) in [6.45, 7) is 0. The van der Waals surface area contributed by atoms with E-state index in [9.17, 15) is 0 Å². The molecule has 0 saturated carbocycles. The first-order valence-corrected chi connectivity index (χ1v) is 8.01. The van der Waals surface area contributed by atoms with E-state index in [1.54, 1.807) is 17.9 Å². The van der Waals surface area contributed by atoms with Gasteiger partial charge < -0.3 is 4.74 Å². The maximum absolute atomic E-state index is 9.16. The standard InChI is InChI=1S/C18H18B2N4O/c1-24-11-14(10-22-24)18(19,20)16-7-6-15(25-2)17(23-16)13-5-3-4-12(8-13)9-21/h3-8,10-11H,19-20H2,1-2H3. The Morgan fingerprint density at radius 2 is 2.04 bits per heavy atom. The molecule has 0 aliphatic carbocycles. The number of rotatable bonds is 4. The molecule has 7 heteroatoms. The minimum atomic E-state index is -0.303. The zero-order valence-corrected chi connectivity index (χ0v) is 14.8. The van der Waals surface area contributed by atoms with Crippen molar-refractivity contribution in [2.24, 2.45) is 7.05 Å². The van der Waals surface area contributed by atoms with Gasteiger partial charge in [0.05, 0.1) is 24.9 Å². The Morgan fingerprint density at radius 3 is 2.68 bits per heavy atom. The molecule has 0 N–H and O–H groups in total. The Balaban J connectivity index is 2.13. The number of hydrogen-bond acceptors (Lipinski definition) is 4. The molecule has 2 heterocycles. The van der Waals surface area contributed by atoms with E-state index in [4.69, 9.17) is 15.0 Å². The monoisotopic (exact) mass is 328 g/mol. The van der Waals surface area contributed by atoms with Gasteiger partial charge in [0, 0.05) is 24.5 Å². The predicted molar refractivity (Wildman–Crippen MR) is 102 cm³/mol. The van der Waals surface area contributed by atoms with Crippen molar-refractivity contribution in [2.45, 2.75) is 5.21 Å². The first kappa shape index (κ1) is 16.8. The molecule has 0 unspecified atom stereocenters. The molecule has 0 fully saturated rings. The summed E-state index contributed by atoms with van der Waals surface area (Å²) in [6, 6.07) is 13.5. The summed E-state index contributed by atoms with van der Waals surface area (Å²) in [5.74, 6) is 0.681. The quantitative estimate of drug-likeness (QED) is 0.666. The second-order valence-corrected chi connectivity index (χ2v) is 6.47. The van der Waals surface area contributed by atoms with Gasteiger partial charge in [-0.3, -0.25) is 4.68 Å². The van der Waals surface area contributed by atoms with Gasteiger partial charge in [-0.05, 0) is 35.0 Å². The summed E-state index contributed by atoms with van der Waals surface area (Å²) in [7, 11) is 7.77. The van der Waals surface area contributed by atoms with Crippen molar-refractivity contribution in [2.75, 3.05) is 7.11 Å². The Morgan fingerprint density at radius 1 is 1.24 bits per heavy atom. The van der Waals surface area contributed by atoms with Crippen LogP contribution in [-0.4, -0.2) is 37.6 Å². The van der Waals surface area contributed by atoms with Crippen LogP contribution in [0.1, 0.15) is 16.8 Å². The lowest BCUT2D eigenvalue weighted by atomic mass is 9.50. The number of nitriles is 1. The first-order chi connectivity index (χ1) is 12.0. The van der Waals surface area contributed by atoms with Crippen LogP contribution in [0, 0.1) is 11.3 Å². The topological polar surface area (TPSA) is 63.7 Å². The number of methoxy groups -OCH3 is 1. The number of nitrogens with zero attached hydrogens (tertiary/aromatic N) is 4. The molecule has 0 aliphatic rings. The molecule has 3 rings (SSSR count). The molecule has 1 aromatic carbocycles. The SMILES string of the molecule is BC(B)(c1cnn(C)c1)c1ccc(OC)c(-c2cccc(C#N)c2)n1. The minimum Gasteiger partial charge on any atom is -0.494 e. The normalized spacial score (nSPS) is 11.1. The summed E-state index contributed by atoms with van der Waals surface area (Å²) in [6.07, 6.45) is 3.86. The Labute approximate surface area is 149 Å². The largest absolute Gasteiger partial charge is 0.494 e. The van der Waals surface area contributed by atoms with Crippen molar-refractivity contribution in [1.82, 2.24) is 14.8 Å². The van der Waals surface area contributed by atoms with E-state index in [1.165, 1.54) is 0 Å². The molecule has 0 amide bonds. The highest BCUT2D eigenvalue weighted by molar-refractivity contribution is 6.42. The average Bonchev–Trinajstić information content (AvgIpc) is 3.08. The molecule has 25 heavy (non-hydrogen) atoms. The third-order valence-corrected chi connectivity index (χ3v) is 4.41. The van der Waals surface area contributed by atoms with Crippen LogP contribution in [0.2, 0.25) is 0 Å². The smallest absolute Gasteiger partial charge is 0.145 e. The van der Waals surface area contributed by atoms with Gasteiger partial charge in [-0.25, -0.2) is 4.98 Å². The maximum Gasteiger partial charge on any atom is 0.145 e. The molecule has 2 aromatic heterocycles. The van der Waals surface area contributed by atoms with Gasteiger partial charge in [0.25, 0.3) is 0 Å². The fraction of sp³-hybridized carbons (Fsp3) is 0.167. The summed E-state index contributed by atoms with van der Waals surface area (Å²) in [5.41, 5.74) is 4.19. The van der Waals surface area contributed by atoms with Gasteiger partial charge in [-0.1, -0.05) is 12.1 Å². The van der Waals surface area contributed by atoms with Crippen LogP contribution in [0.5, 0.6) is 5.75 Å². The second-order valence-electron chi connectivity index (χ2n) is 6.47. The van der Waals surface area contributed by atoms with Crippen LogP contribution in [0.25, 0.3) is 11.3 Å². The fourth-order valence-corrected chi connectivity index (χ4v) is 2.79. The van der Waals surface area contributed by atoms with Crippen LogP contribution in [0.15, 0.2) is 48.8 Å². The predicted octanol–water partition coefficient (Wildman–Crippen LogP) is 0.830. The van der Waals surface area contributed by atoms with E-state index in [-0.39, 0.29) is 5.21 Å². The van der Waals surface area contributed by atoms with Gasteiger partial charge in [0.15, 0.2) is 0 Å². The summed E-state index contributed by atoms with van der Waals surface area (Å²) < 4.78 is 7.28. The summed E-state index contributed by atoms with van der Waals surface area (Å²) in [5, 5.41) is 13.1. The van der Waals surface area contributed by atoms with Gasteiger partial charge in [-0.15, -0.1) is 0 Å². The molecule has 122 valence electrons. The number of aromatic nitrogens is 3. The zero-order valence-electron chi connectivity index (χ0n) is 14.8. The Bertz CT molecular complexity index is 960. The van der Waals surface area contributed by atoms with Crippen molar-refractivity contribution < 1.29 is 4.74 Å². The van der Waals surface area contributed by atoms with Gasteiger partial charge in [-0.2, -0.15) is 10.4 Å². The molecule has 0 saturated heterocycles. The average molecular weight is 328 g/mol. The van der Waals surface area contributed by atoms with Crippen molar-refractivity contribution >= 4 is 15.7 Å². The summed E-state index contributed by atoms with van der Waals surface area (Å²) >= 11 is 0. The molecule has 0 radical (unpaired) electrons. The lowest BCUT2D eigenvalue weighted by Gasteiger charge is -2.24. The van der Waals surface area contributed by atoms with Crippen LogP contribution in [0.4, 0.5) is 0 Å². The lowest BCUT2D eigenvalue weighted by Crippen LogP contribution is -2.29. The number of hydrogen-bond donors (Lipinski definition) is 0. The van der Waals surface area contributed by atoms with Crippen molar-refractivity contribution in [3.05, 3.63) is 65.6 Å². The fourth-order valence-electron chi connectivity index (χ4n) is 2.79. The molecule has 0 spiro atoms. The Kier molecular flexibility index (Phi) is 4.37. The number of aryl methyl sites for hydroxylation is 1. The highest BCUT2D eigenvalue weighted by Crippen LogP contribution is 2.32. The van der Waals surface area contributed by atoms with E-state index < -0.39 is 0 Å².